The van der Waals surface area contributed by atoms with E-state index in [1.54, 1.807) is 11.8 Å². The van der Waals surface area contributed by atoms with E-state index < -0.39 is 0 Å². The van der Waals surface area contributed by atoms with E-state index in [4.69, 9.17) is 5.73 Å². The number of aromatic nitrogens is 2. The van der Waals surface area contributed by atoms with Crippen LogP contribution in [0.3, 0.4) is 0 Å². The number of nitrogens with zero attached hydrogens (tertiary/aromatic N) is 2. The van der Waals surface area contributed by atoms with Crippen molar-refractivity contribution in [3.63, 3.8) is 0 Å². The lowest BCUT2D eigenvalue weighted by molar-refractivity contribution is 0.829. The van der Waals surface area contributed by atoms with Crippen LogP contribution in [0.2, 0.25) is 0 Å². The van der Waals surface area contributed by atoms with Crippen LogP contribution in [-0.2, 0) is 0 Å². The van der Waals surface area contributed by atoms with Gasteiger partial charge in [0.1, 0.15) is 5.82 Å². The third-order valence-corrected chi connectivity index (χ3v) is 4.41. The van der Waals surface area contributed by atoms with E-state index in [1.165, 1.54) is 22.7 Å². The fraction of sp³-hybridized carbons (Fsp3) is 0.333. The van der Waals surface area contributed by atoms with Gasteiger partial charge in [-0.2, -0.15) is 4.37 Å². The fourth-order valence-corrected chi connectivity index (χ4v) is 3.16. The van der Waals surface area contributed by atoms with Crippen LogP contribution in [0.4, 0.5) is 0 Å². The van der Waals surface area contributed by atoms with Crippen molar-refractivity contribution in [2.75, 3.05) is 5.75 Å². The number of aryl methyl sites for hydroxylation is 2. The standard InChI is InChI=1S/C12H15N3S2/c1-8-4-3-5-10(6-8)11(13)7-16-12-14-9(2)15-17-12/h3-6,11H,7,13H2,1-2H3. The number of nitrogens with two attached hydrogens (primary N) is 1. The van der Waals surface area contributed by atoms with E-state index in [9.17, 15) is 0 Å². The molecule has 2 aromatic rings. The van der Waals surface area contributed by atoms with Gasteiger partial charge in [0.05, 0.1) is 0 Å². The maximum atomic E-state index is 6.15. The summed E-state index contributed by atoms with van der Waals surface area (Å²) in [6.07, 6.45) is 0. The third-order valence-electron chi connectivity index (χ3n) is 2.37. The average molecular weight is 265 g/mol. The van der Waals surface area contributed by atoms with Crippen LogP contribution in [0.25, 0.3) is 0 Å². The molecule has 2 N–H and O–H groups in total. The molecule has 0 aliphatic carbocycles. The van der Waals surface area contributed by atoms with Gasteiger partial charge in [-0.3, -0.25) is 0 Å². The molecule has 0 bridgehead atoms. The highest BCUT2D eigenvalue weighted by Gasteiger charge is 2.08. The van der Waals surface area contributed by atoms with E-state index in [0.29, 0.717) is 0 Å². The molecule has 0 saturated carbocycles. The normalized spacial score (nSPS) is 12.6. The fourth-order valence-electron chi connectivity index (χ4n) is 1.49. The first-order chi connectivity index (χ1) is 8.15. The first-order valence-electron chi connectivity index (χ1n) is 5.40. The second-order valence-electron chi connectivity index (χ2n) is 3.94. The highest BCUT2D eigenvalue weighted by atomic mass is 32.2. The van der Waals surface area contributed by atoms with Crippen molar-refractivity contribution in [1.29, 1.82) is 0 Å². The molecule has 1 aromatic heterocycles. The number of rotatable bonds is 4. The highest BCUT2D eigenvalue weighted by molar-refractivity contribution is 8.00. The molecule has 1 aromatic carbocycles. The molecule has 3 nitrogen and oxygen atoms in total. The minimum atomic E-state index is 0.0455. The summed E-state index contributed by atoms with van der Waals surface area (Å²) >= 11 is 3.11. The van der Waals surface area contributed by atoms with Crippen molar-refractivity contribution in [2.24, 2.45) is 5.73 Å². The van der Waals surface area contributed by atoms with Crippen molar-refractivity contribution in [1.82, 2.24) is 9.36 Å². The van der Waals surface area contributed by atoms with E-state index in [0.717, 1.165) is 15.9 Å². The zero-order chi connectivity index (χ0) is 12.3. The van der Waals surface area contributed by atoms with Gasteiger partial charge in [0.2, 0.25) is 0 Å². The molecule has 0 aliphatic heterocycles. The van der Waals surface area contributed by atoms with Crippen LogP contribution >= 0.6 is 23.3 Å². The molecule has 2 rings (SSSR count). The monoisotopic (exact) mass is 265 g/mol. The van der Waals surface area contributed by atoms with Crippen LogP contribution in [0.1, 0.15) is 23.0 Å². The van der Waals surface area contributed by atoms with Gasteiger partial charge in [-0.1, -0.05) is 41.6 Å². The molecule has 90 valence electrons. The van der Waals surface area contributed by atoms with Crippen LogP contribution in [-0.4, -0.2) is 15.1 Å². The second kappa shape index (κ2) is 5.62. The molecular formula is C12H15N3S2. The quantitative estimate of drug-likeness (QED) is 0.864. The Labute approximate surface area is 110 Å². The van der Waals surface area contributed by atoms with Crippen molar-refractivity contribution in [3.05, 3.63) is 41.2 Å². The highest BCUT2D eigenvalue weighted by Crippen LogP contribution is 2.24. The van der Waals surface area contributed by atoms with Crippen LogP contribution in [0, 0.1) is 13.8 Å². The van der Waals surface area contributed by atoms with Gasteiger partial charge >= 0.3 is 0 Å². The molecule has 0 spiro atoms. The summed E-state index contributed by atoms with van der Waals surface area (Å²) in [7, 11) is 0. The summed E-state index contributed by atoms with van der Waals surface area (Å²) in [5.74, 6) is 1.67. The molecule has 0 fully saturated rings. The Kier molecular flexibility index (Phi) is 4.15. The maximum Gasteiger partial charge on any atom is 0.170 e. The summed E-state index contributed by atoms with van der Waals surface area (Å²) in [5, 5.41) is 0. The van der Waals surface area contributed by atoms with E-state index in [2.05, 4.69) is 34.5 Å². The first-order valence-corrected chi connectivity index (χ1v) is 7.16. The summed E-state index contributed by atoms with van der Waals surface area (Å²) in [6, 6.07) is 8.38. The third kappa shape index (κ3) is 3.52. The van der Waals surface area contributed by atoms with Gasteiger partial charge in [-0.05, 0) is 30.9 Å². The Bertz CT molecular complexity index is 496. The molecule has 0 amide bonds. The molecule has 0 saturated heterocycles. The number of hydrogen-bond donors (Lipinski definition) is 1. The Balaban J connectivity index is 1.95. The molecular weight excluding hydrogens is 250 g/mol. The molecule has 5 heteroatoms. The molecule has 0 aliphatic rings. The van der Waals surface area contributed by atoms with E-state index in [-0.39, 0.29) is 6.04 Å². The summed E-state index contributed by atoms with van der Waals surface area (Å²) in [5.41, 5.74) is 8.58. The Hall–Kier alpha value is -0.910. The number of hydrogen-bond acceptors (Lipinski definition) is 5. The van der Waals surface area contributed by atoms with Gasteiger partial charge in [0.15, 0.2) is 4.34 Å². The van der Waals surface area contributed by atoms with Crippen LogP contribution in [0.5, 0.6) is 0 Å². The smallest absolute Gasteiger partial charge is 0.170 e. The number of benzene rings is 1. The van der Waals surface area contributed by atoms with Gasteiger partial charge in [-0.25, -0.2) is 4.98 Å². The minimum Gasteiger partial charge on any atom is -0.323 e. The van der Waals surface area contributed by atoms with Crippen molar-refractivity contribution >= 4 is 23.3 Å². The largest absolute Gasteiger partial charge is 0.323 e. The average Bonchev–Trinajstić information content (AvgIpc) is 2.72. The minimum absolute atomic E-state index is 0.0455. The van der Waals surface area contributed by atoms with Crippen molar-refractivity contribution in [3.8, 4) is 0 Å². The second-order valence-corrected chi connectivity index (χ2v) is 5.96. The lowest BCUT2D eigenvalue weighted by Gasteiger charge is -2.10. The molecule has 0 radical (unpaired) electrons. The lowest BCUT2D eigenvalue weighted by Crippen LogP contribution is -2.12. The lowest BCUT2D eigenvalue weighted by atomic mass is 10.1. The maximum absolute atomic E-state index is 6.15. The topological polar surface area (TPSA) is 51.8 Å². The van der Waals surface area contributed by atoms with Gasteiger partial charge in [0.25, 0.3) is 0 Å². The van der Waals surface area contributed by atoms with E-state index >= 15 is 0 Å². The SMILES string of the molecule is Cc1cccc(C(N)CSc2nc(C)ns2)c1. The van der Waals surface area contributed by atoms with Crippen molar-refractivity contribution < 1.29 is 0 Å². The van der Waals surface area contributed by atoms with Gasteiger partial charge < -0.3 is 5.73 Å². The van der Waals surface area contributed by atoms with E-state index in [1.807, 2.05) is 13.0 Å². The molecule has 1 heterocycles. The van der Waals surface area contributed by atoms with Crippen molar-refractivity contribution in [2.45, 2.75) is 24.2 Å². The van der Waals surface area contributed by atoms with Gasteiger partial charge in [0, 0.05) is 11.8 Å². The molecule has 1 atom stereocenters. The zero-order valence-electron chi connectivity index (χ0n) is 9.88. The van der Waals surface area contributed by atoms with Crippen LogP contribution < -0.4 is 5.73 Å². The zero-order valence-corrected chi connectivity index (χ0v) is 11.5. The predicted molar refractivity (Wildman–Crippen MR) is 73.5 cm³/mol. The van der Waals surface area contributed by atoms with Gasteiger partial charge in [-0.15, -0.1) is 0 Å². The first kappa shape index (κ1) is 12.5. The Morgan fingerprint density at radius 3 is 2.88 bits per heavy atom. The molecule has 1 unspecified atom stereocenters. The number of thioether (sulfide) groups is 1. The Morgan fingerprint density at radius 2 is 2.24 bits per heavy atom. The predicted octanol–water partition coefficient (Wildman–Crippen LogP) is 2.95. The molecule has 17 heavy (non-hydrogen) atoms. The summed E-state index contributed by atoms with van der Waals surface area (Å²) in [6.45, 7) is 3.98. The Morgan fingerprint density at radius 1 is 1.41 bits per heavy atom. The summed E-state index contributed by atoms with van der Waals surface area (Å²) in [4.78, 5) is 4.31. The van der Waals surface area contributed by atoms with Crippen LogP contribution in [0.15, 0.2) is 28.6 Å². The summed E-state index contributed by atoms with van der Waals surface area (Å²) < 4.78 is 5.14.